The molecule has 0 aromatic heterocycles. The first-order valence-corrected chi connectivity index (χ1v) is 8.06. The first-order valence-electron chi connectivity index (χ1n) is 8.06. The third-order valence-corrected chi connectivity index (χ3v) is 4.07. The molecule has 1 atom stereocenters. The maximum atomic E-state index is 10.7. The van der Waals surface area contributed by atoms with Gasteiger partial charge in [-0.15, -0.1) is 24.0 Å². The van der Waals surface area contributed by atoms with Gasteiger partial charge in [-0.1, -0.05) is 12.1 Å². The molecule has 1 saturated carbocycles. The van der Waals surface area contributed by atoms with Crippen LogP contribution in [0.2, 0.25) is 0 Å². The molecule has 2 N–H and O–H groups in total. The predicted molar refractivity (Wildman–Crippen MR) is 103 cm³/mol. The van der Waals surface area contributed by atoms with Crippen molar-refractivity contribution in [2.45, 2.75) is 31.8 Å². The van der Waals surface area contributed by atoms with E-state index >= 15 is 0 Å². The van der Waals surface area contributed by atoms with Gasteiger partial charge in [0, 0.05) is 37.2 Å². The normalized spacial score (nSPS) is 20.3. The molecule has 1 aliphatic heterocycles. The summed E-state index contributed by atoms with van der Waals surface area (Å²) in [6.07, 6.45) is 3.46. The molecule has 0 bridgehead atoms. The number of rotatable bonds is 6. The van der Waals surface area contributed by atoms with E-state index in [9.17, 15) is 10.1 Å². The Bertz CT molecular complexity index is 569. The maximum absolute atomic E-state index is 10.7. The summed E-state index contributed by atoms with van der Waals surface area (Å²) >= 11 is 0. The van der Waals surface area contributed by atoms with E-state index in [2.05, 4.69) is 15.6 Å². The monoisotopic (exact) mass is 446 g/mol. The van der Waals surface area contributed by atoms with Gasteiger partial charge in [0.25, 0.3) is 5.69 Å². The van der Waals surface area contributed by atoms with E-state index in [1.807, 2.05) is 0 Å². The Morgan fingerprint density at radius 3 is 2.62 bits per heavy atom. The van der Waals surface area contributed by atoms with Gasteiger partial charge in [0.15, 0.2) is 5.96 Å². The summed E-state index contributed by atoms with van der Waals surface area (Å²) in [6, 6.07) is 7.06. The minimum absolute atomic E-state index is 0. The molecule has 132 valence electrons. The molecule has 2 aliphatic rings. The number of nitro groups is 1. The summed E-state index contributed by atoms with van der Waals surface area (Å²) < 4.78 is 5.39. The van der Waals surface area contributed by atoms with E-state index in [1.165, 1.54) is 25.0 Å². The largest absolute Gasteiger partial charge is 0.381 e. The van der Waals surface area contributed by atoms with Crippen LogP contribution in [0, 0.1) is 16.0 Å². The molecule has 2 fully saturated rings. The Kier molecular flexibility index (Phi) is 7.22. The highest BCUT2D eigenvalue weighted by molar-refractivity contribution is 14.0. The van der Waals surface area contributed by atoms with Gasteiger partial charge in [0.05, 0.1) is 18.1 Å². The van der Waals surface area contributed by atoms with Crippen LogP contribution in [0.5, 0.6) is 0 Å². The molecule has 24 heavy (non-hydrogen) atoms. The number of hydrogen-bond acceptors (Lipinski definition) is 4. The first-order chi connectivity index (χ1) is 11.2. The van der Waals surface area contributed by atoms with E-state index in [-0.39, 0.29) is 29.7 Å². The molecule has 1 aliphatic carbocycles. The number of nitrogens with one attached hydrogen (secondary N) is 2. The average molecular weight is 446 g/mol. The highest BCUT2D eigenvalue weighted by Crippen LogP contribution is 2.19. The summed E-state index contributed by atoms with van der Waals surface area (Å²) in [5, 5.41) is 17.5. The van der Waals surface area contributed by atoms with Crippen molar-refractivity contribution in [1.29, 1.82) is 0 Å². The molecule has 1 saturated heterocycles. The van der Waals surface area contributed by atoms with Gasteiger partial charge < -0.3 is 15.4 Å². The zero-order chi connectivity index (χ0) is 16.1. The quantitative estimate of drug-likeness (QED) is 0.231. The van der Waals surface area contributed by atoms with Gasteiger partial charge in [0.2, 0.25) is 0 Å². The van der Waals surface area contributed by atoms with Crippen molar-refractivity contribution in [3.05, 3.63) is 39.9 Å². The van der Waals surface area contributed by atoms with Crippen LogP contribution < -0.4 is 10.6 Å². The third-order valence-electron chi connectivity index (χ3n) is 4.07. The van der Waals surface area contributed by atoms with Gasteiger partial charge in [-0.25, -0.2) is 4.99 Å². The van der Waals surface area contributed by atoms with Crippen molar-refractivity contribution < 1.29 is 9.66 Å². The molecule has 3 rings (SSSR count). The Hall–Kier alpha value is -1.42. The average Bonchev–Trinajstić information content (AvgIpc) is 3.22. The summed E-state index contributed by atoms with van der Waals surface area (Å²) in [7, 11) is 0. The number of nitro benzene ring substituents is 1. The van der Waals surface area contributed by atoms with E-state index in [0.717, 1.165) is 37.7 Å². The number of benzene rings is 1. The molecular formula is C16H23IN4O3. The fourth-order valence-electron chi connectivity index (χ4n) is 2.45. The van der Waals surface area contributed by atoms with Crippen molar-refractivity contribution in [2.24, 2.45) is 10.9 Å². The predicted octanol–water partition coefficient (Wildman–Crippen LogP) is 2.45. The molecule has 8 heteroatoms. The Morgan fingerprint density at radius 2 is 2.04 bits per heavy atom. The van der Waals surface area contributed by atoms with E-state index in [1.54, 1.807) is 12.1 Å². The second-order valence-corrected chi connectivity index (χ2v) is 6.12. The number of aliphatic imine (C=N–C) groups is 1. The molecule has 0 amide bonds. The SMILES string of the molecule is I.O=[N+]([O-])c1ccc(CN=C(NCC2CCOC2)NC2CC2)cc1. The molecule has 0 radical (unpaired) electrons. The molecular weight excluding hydrogens is 423 g/mol. The Balaban J connectivity index is 0.00000208. The summed E-state index contributed by atoms with van der Waals surface area (Å²) in [4.78, 5) is 14.9. The van der Waals surface area contributed by atoms with Crippen LogP contribution in [-0.2, 0) is 11.3 Å². The van der Waals surface area contributed by atoms with Crippen LogP contribution in [0.25, 0.3) is 0 Å². The summed E-state index contributed by atoms with van der Waals surface area (Å²) in [6.45, 7) is 3.02. The second kappa shape index (κ2) is 9.16. The second-order valence-electron chi connectivity index (χ2n) is 6.12. The topological polar surface area (TPSA) is 88.8 Å². The molecule has 1 unspecified atom stereocenters. The van der Waals surface area contributed by atoms with Crippen LogP contribution in [0.15, 0.2) is 29.3 Å². The summed E-state index contributed by atoms with van der Waals surface area (Å²) in [5.41, 5.74) is 1.06. The number of halogens is 1. The standard InChI is InChI=1S/C16H22N4O3.HI/c21-20(22)15-5-1-12(2-6-15)9-17-16(19-14-3-4-14)18-10-13-7-8-23-11-13;/h1-2,5-6,13-14H,3-4,7-11H2,(H2,17,18,19);1H. The zero-order valence-electron chi connectivity index (χ0n) is 13.4. The van der Waals surface area contributed by atoms with E-state index in [4.69, 9.17) is 4.74 Å². The lowest BCUT2D eigenvalue weighted by molar-refractivity contribution is -0.384. The van der Waals surface area contributed by atoms with Crippen LogP contribution in [0.1, 0.15) is 24.8 Å². The molecule has 0 spiro atoms. The lowest BCUT2D eigenvalue weighted by atomic mass is 10.1. The van der Waals surface area contributed by atoms with Crippen LogP contribution in [0.3, 0.4) is 0 Å². The highest BCUT2D eigenvalue weighted by atomic mass is 127. The van der Waals surface area contributed by atoms with Gasteiger partial charge in [-0.3, -0.25) is 10.1 Å². The lowest BCUT2D eigenvalue weighted by Gasteiger charge is -2.14. The fraction of sp³-hybridized carbons (Fsp3) is 0.562. The minimum atomic E-state index is -0.391. The van der Waals surface area contributed by atoms with E-state index in [0.29, 0.717) is 18.5 Å². The van der Waals surface area contributed by atoms with Crippen LogP contribution >= 0.6 is 24.0 Å². The van der Waals surface area contributed by atoms with Crippen molar-refractivity contribution in [1.82, 2.24) is 10.6 Å². The Morgan fingerprint density at radius 1 is 1.29 bits per heavy atom. The lowest BCUT2D eigenvalue weighted by Crippen LogP contribution is -2.41. The van der Waals surface area contributed by atoms with Crippen LogP contribution in [-0.4, -0.2) is 36.7 Å². The van der Waals surface area contributed by atoms with Crippen molar-refractivity contribution in [3.8, 4) is 0 Å². The fourth-order valence-corrected chi connectivity index (χ4v) is 2.45. The molecule has 1 aromatic rings. The van der Waals surface area contributed by atoms with Gasteiger partial charge in [-0.05, 0) is 24.8 Å². The molecule has 1 aromatic carbocycles. The first kappa shape index (κ1) is 18.9. The Labute approximate surface area is 158 Å². The molecule has 1 heterocycles. The highest BCUT2D eigenvalue weighted by Gasteiger charge is 2.23. The van der Waals surface area contributed by atoms with Gasteiger partial charge >= 0.3 is 0 Å². The number of hydrogen-bond donors (Lipinski definition) is 2. The maximum Gasteiger partial charge on any atom is 0.269 e. The number of nitrogens with zero attached hydrogens (tertiary/aromatic N) is 2. The van der Waals surface area contributed by atoms with Crippen molar-refractivity contribution >= 4 is 35.6 Å². The zero-order valence-corrected chi connectivity index (χ0v) is 15.8. The minimum Gasteiger partial charge on any atom is -0.381 e. The van der Waals surface area contributed by atoms with Crippen LogP contribution in [0.4, 0.5) is 5.69 Å². The number of guanidine groups is 1. The van der Waals surface area contributed by atoms with Crippen molar-refractivity contribution in [3.63, 3.8) is 0 Å². The van der Waals surface area contributed by atoms with Gasteiger partial charge in [-0.2, -0.15) is 0 Å². The van der Waals surface area contributed by atoms with Gasteiger partial charge in [0.1, 0.15) is 0 Å². The van der Waals surface area contributed by atoms with Crippen molar-refractivity contribution in [2.75, 3.05) is 19.8 Å². The third kappa shape index (κ3) is 5.90. The smallest absolute Gasteiger partial charge is 0.269 e. The number of non-ortho nitro benzene ring substituents is 1. The molecule has 7 nitrogen and oxygen atoms in total. The number of ether oxygens (including phenoxy) is 1. The summed E-state index contributed by atoms with van der Waals surface area (Å²) in [5.74, 6) is 1.36. The van der Waals surface area contributed by atoms with E-state index < -0.39 is 4.92 Å².